The second kappa shape index (κ2) is 9.74. The molecule has 0 radical (unpaired) electrons. The zero-order valence-corrected chi connectivity index (χ0v) is 18.7. The third-order valence-corrected chi connectivity index (χ3v) is 5.33. The molecule has 8 nitrogen and oxygen atoms in total. The molecule has 0 aromatic heterocycles. The number of ether oxygens (including phenoxy) is 1. The summed E-state index contributed by atoms with van der Waals surface area (Å²) in [7, 11) is 0. The molecule has 0 aliphatic carbocycles. The van der Waals surface area contributed by atoms with Crippen LogP contribution in [0.2, 0.25) is 0 Å². The van der Waals surface area contributed by atoms with Gasteiger partial charge in [-0.2, -0.15) is 0 Å². The van der Waals surface area contributed by atoms with Crippen molar-refractivity contribution in [3.63, 3.8) is 0 Å². The van der Waals surface area contributed by atoms with Gasteiger partial charge in [-0.3, -0.25) is 29.6 Å². The lowest BCUT2D eigenvalue weighted by Gasteiger charge is -2.17. The van der Waals surface area contributed by atoms with Gasteiger partial charge in [0.05, 0.1) is 12.5 Å². The van der Waals surface area contributed by atoms with Crippen LogP contribution in [0.5, 0.6) is 0 Å². The molecule has 3 amide bonds. The Bertz CT molecular complexity index is 1020. The number of nitrogens with zero attached hydrogens (tertiary/aromatic N) is 1. The van der Waals surface area contributed by atoms with Crippen molar-refractivity contribution >= 4 is 45.3 Å². The molecule has 0 spiro atoms. The van der Waals surface area contributed by atoms with Gasteiger partial charge in [0.15, 0.2) is 6.61 Å². The summed E-state index contributed by atoms with van der Waals surface area (Å²) < 4.78 is 5.90. The van der Waals surface area contributed by atoms with E-state index in [1.807, 2.05) is 26.0 Å². The Kier molecular flexibility index (Phi) is 7.06. The predicted molar refractivity (Wildman–Crippen MR) is 117 cm³/mol. The normalized spacial score (nSPS) is 15.5. The van der Waals surface area contributed by atoms with Gasteiger partial charge in [0, 0.05) is 22.1 Å². The van der Waals surface area contributed by atoms with Crippen molar-refractivity contribution in [2.75, 3.05) is 18.5 Å². The Morgan fingerprint density at radius 1 is 1.13 bits per heavy atom. The van der Waals surface area contributed by atoms with E-state index in [1.54, 1.807) is 30.3 Å². The zero-order valence-electron chi connectivity index (χ0n) is 17.1. The van der Waals surface area contributed by atoms with E-state index in [2.05, 4.69) is 26.7 Å². The van der Waals surface area contributed by atoms with E-state index >= 15 is 0 Å². The second-order valence-electron chi connectivity index (χ2n) is 7.33. The average Bonchev–Trinajstić information content (AvgIpc) is 3.09. The summed E-state index contributed by atoms with van der Waals surface area (Å²) in [6, 6.07) is 12.2. The first kappa shape index (κ1) is 22.5. The largest absolute Gasteiger partial charge is 0.455 e. The van der Waals surface area contributed by atoms with Crippen molar-refractivity contribution in [3.8, 4) is 0 Å². The summed E-state index contributed by atoms with van der Waals surface area (Å²) in [5.74, 6) is -2.74. The van der Waals surface area contributed by atoms with Gasteiger partial charge in [0.1, 0.15) is 0 Å². The molecular formula is C22H22BrN3O5. The van der Waals surface area contributed by atoms with Crippen LogP contribution in [-0.2, 0) is 19.1 Å². The van der Waals surface area contributed by atoms with E-state index in [0.717, 1.165) is 20.6 Å². The van der Waals surface area contributed by atoms with E-state index < -0.39 is 36.2 Å². The Morgan fingerprint density at radius 3 is 2.52 bits per heavy atom. The second-order valence-corrected chi connectivity index (χ2v) is 8.24. The molecule has 2 aromatic carbocycles. The molecule has 3 rings (SSSR count). The summed E-state index contributed by atoms with van der Waals surface area (Å²) in [5, 5.41) is 3.80. The maximum absolute atomic E-state index is 12.3. The first-order valence-corrected chi connectivity index (χ1v) is 10.4. The highest BCUT2D eigenvalue weighted by atomic mass is 79.9. The van der Waals surface area contributed by atoms with Crippen LogP contribution in [0, 0.1) is 19.8 Å². The summed E-state index contributed by atoms with van der Waals surface area (Å²) in [5.41, 5.74) is 5.50. The van der Waals surface area contributed by atoms with Gasteiger partial charge in [-0.1, -0.05) is 33.6 Å². The van der Waals surface area contributed by atoms with E-state index in [1.165, 1.54) is 0 Å². The molecule has 0 unspecified atom stereocenters. The Hall–Kier alpha value is -3.20. The smallest absolute Gasteiger partial charge is 0.311 e. The Balaban J connectivity index is 1.48. The molecule has 0 saturated carbocycles. The summed E-state index contributed by atoms with van der Waals surface area (Å²) in [6.07, 6.45) is -0.0991. The van der Waals surface area contributed by atoms with Crippen molar-refractivity contribution in [2.24, 2.45) is 5.92 Å². The number of carbonyl (C=O) groups is 4. The van der Waals surface area contributed by atoms with Crippen LogP contribution < -0.4 is 10.7 Å². The van der Waals surface area contributed by atoms with Crippen LogP contribution in [0.3, 0.4) is 0 Å². The fourth-order valence-electron chi connectivity index (χ4n) is 3.16. The molecule has 1 saturated heterocycles. The van der Waals surface area contributed by atoms with Crippen LogP contribution in [0.15, 0.2) is 46.9 Å². The number of hydrazine groups is 1. The third-order valence-electron chi connectivity index (χ3n) is 4.80. The van der Waals surface area contributed by atoms with Gasteiger partial charge in [0.2, 0.25) is 5.91 Å². The van der Waals surface area contributed by atoms with Crippen LogP contribution in [0.4, 0.5) is 5.69 Å². The highest BCUT2D eigenvalue weighted by molar-refractivity contribution is 9.10. The highest BCUT2D eigenvalue weighted by Crippen LogP contribution is 2.19. The number of anilines is 1. The molecule has 162 valence electrons. The maximum Gasteiger partial charge on any atom is 0.311 e. The van der Waals surface area contributed by atoms with Crippen LogP contribution >= 0.6 is 15.9 Å². The molecule has 1 fully saturated rings. The Labute approximate surface area is 188 Å². The SMILES string of the molecule is Cc1ccc(NC(=O)COC(=O)[C@H]2CC(=O)N(NC(=O)c3ccc(Br)cc3)C2)c(C)c1. The fourth-order valence-corrected chi connectivity index (χ4v) is 3.42. The molecule has 1 aliphatic rings. The molecule has 1 atom stereocenters. The predicted octanol–water partition coefficient (Wildman–Crippen LogP) is 2.74. The van der Waals surface area contributed by atoms with Crippen molar-refractivity contribution in [3.05, 3.63) is 63.6 Å². The number of hydrogen-bond acceptors (Lipinski definition) is 5. The first-order valence-electron chi connectivity index (χ1n) is 9.63. The number of carbonyl (C=O) groups excluding carboxylic acids is 4. The molecule has 1 aliphatic heterocycles. The quantitative estimate of drug-likeness (QED) is 0.609. The fraction of sp³-hybridized carbons (Fsp3) is 0.273. The van der Waals surface area contributed by atoms with Crippen LogP contribution in [-0.4, -0.2) is 41.9 Å². The van der Waals surface area contributed by atoms with Gasteiger partial charge in [-0.15, -0.1) is 0 Å². The maximum atomic E-state index is 12.3. The number of esters is 1. The summed E-state index contributed by atoms with van der Waals surface area (Å²) in [6.45, 7) is 3.35. The van der Waals surface area contributed by atoms with Gasteiger partial charge >= 0.3 is 5.97 Å². The van der Waals surface area contributed by atoms with Gasteiger partial charge in [-0.05, 0) is 49.7 Å². The lowest BCUT2D eigenvalue weighted by atomic mass is 10.1. The molecule has 31 heavy (non-hydrogen) atoms. The van der Waals surface area contributed by atoms with E-state index in [0.29, 0.717) is 11.3 Å². The monoisotopic (exact) mass is 487 g/mol. The highest BCUT2D eigenvalue weighted by Gasteiger charge is 2.36. The number of hydrogen-bond donors (Lipinski definition) is 2. The molecule has 1 heterocycles. The molecule has 2 aromatic rings. The lowest BCUT2D eigenvalue weighted by molar-refractivity contribution is -0.151. The summed E-state index contributed by atoms with van der Waals surface area (Å²) in [4.78, 5) is 48.8. The van der Waals surface area contributed by atoms with E-state index in [-0.39, 0.29) is 13.0 Å². The standard InChI is InChI=1S/C22H22BrN3O5/c1-13-3-8-18(14(2)9-13)24-19(27)12-31-22(30)16-10-20(28)26(11-16)25-21(29)15-4-6-17(23)7-5-15/h3-9,16H,10-12H2,1-2H3,(H,24,27)(H,25,29)/t16-/m0/s1. The van der Waals surface area contributed by atoms with Crippen molar-refractivity contribution in [1.29, 1.82) is 0 Å². The average molecular weight is 488 g/mol. The van der Waals surface area contributed by atoms with Crippen molar-refractivity contribution < 1.29 is 23.9 Å². The van der Waals surface area contributed by atoms with E-state index in [9.17, 15) is 19.2 Å². The third kappa shape index (κ3) is 5.91. The van der Waals surface area contributed by atoms with Gasteiger partial charge < -0.3 is 10.1 Å². The van der Waals surface area contributed by atoms with Crippen LogP contribution in [0.25, 0.3) is 0 Å². The van der Waals surface area contributed by atoms with Gasteiger partial charge in [-0.25, -0.2) is 0 Å². The number of amides is 3. The topological polar surface area (TPSA) is 105 Å². The molecule has 0 bridgehead atoms. The van der Waals surface area contributed by atoms with Crippen molar-refractivity contribution in [2.45, 2.75) is 20.3 Å². The van der Waals surface area contributed by atoms with Crippen molar-refractivity contribution in [1.82, 2.24) is 10.4 Å². The minimum absolute atomic E-state index is 0.0153. The molecule has 9 heteroatoms. The lowest BCUT2D eigenvalue weighted by Crippen LogP contribution is -2.43. The number of rotatable bonds is 6. The van der Waals surface area contributed by atoms with Gasteiger partial charge in [0.25, 0.3) is 11.8 Å². The number of aryl methyl sites for hydroxylation is 2. The molecule has 2 N–H and O–H groups in total. The molecular weight excluding hydrogens is 466 g/mol. The number of nitrogens with one attached hydrogen (secondary N) is 2. The number of halogens is 1. The van der Waals surface area contributed by atoms with E-state index in [4.69, 9.17) is 4.74 Å². The first-order chi connectivity index (χ1) is 14.7. The van der Waals surface area contributed by atoms with Crippen LogP contribution in [0.1, 0.15) is 27.9 Å². The minimum atomic E-state index is -0.758. The summed E-state index contributed by atoms with van der Waals surface area (Å²) >= 11 is 3.29. The zero-order chi connectivity index (χ0) is 22.5. The minimum Gasteiger partial charge on any atom is -0.455 e. The Morgan fingerprint density at radius 2 is 1.84 bits per heavy atom. The number of benzene rings is 2.